The fourth-order valence-corrected chi connectivity index (χ4v) is 6.98. The molecular formula is C27H37IN4O2SSi. The summed E-state index contributed by atoms with van der Waals surface area (Å²) in [6.45, 7) is 12.5. The van der Waals surface area contributed by atoms with Crippen LogP contribution in [0.25, 0.3) is 0 Å². The van der Waals surface area contributed by atoms with E-state index in [2.05, 4.69) is 59.2 Å². The van der Waals surface area contributed by atoms with Crippen molar-refractivity contribution in [3.05, 3.63) is 55.0 Å². The number of aromatic nitrogens is 2. The molecule has 1 aliphatic heterocycles. The first-order valence-electron chi connectivity index (χ1n) is 12.5. The molecule has 6 nitrogen and oxygen atoms in total. The molecule has 1 aliphatic carbocycles. The van der Waals surface area contributed by atoms with E-state index in [0.29, 0.717) is 3.57 Å². The van der Waals surface area contributed by atoms with Crippen molar-refractivity contribution in [1.29, 1.82) is 0 Å². The van der Waals surface area contributed by atoms with E-state index < -0.39 is 23.8 Å². The zero-order chi connectivity index (χ0) is 26.5. The van der Waals surface area contributed by atoms with E-state index in [1.165, 1.54) is 11.1 Å². The lowest BCUT2D eigenvalue weighted by Gasteiger charge is -2.45. The Morgan fingerprint density at radius 1 is 1.28 bits per heavy atom. The Balaban J connectivity index is 1.67. The lowest BCUT2D eigenvalue weighted by molar-refractivity contribution is 0.169. The van der Waals surface area contributed by atoms with E-state index >= 15 is 0 Å². The molecule has 0 amide bonds. The van der Waals surface area contributed by atoms with Gasteiger partial charge in [0.1, 0.15) is 8.07 Å². The average Bonchev–Trinajstić information content (AvgIpc) is 3.08. The number of hydrogen-bond acceptors (Lipinski definition) is 4. The van der Waals surface area contributed by atoms with Crippen LogP contribution in [0.1, 0.15) is 55.7 Å². The van der Waals surface area contributed by atoms with E-state index in [0.717, 1.165) is 50.3 Å². The lowest BCUT2D eigenvalue weighted by atomic mass is 9.66. The smallest absolute Gasteiger partial charge is 0.268 e. The highest BCUT2D eigenvalue weighted by Gasteiger charge is 2.50. The minimum Gasteiger partial charge on any atom is -0.342 e. The normalized spacial score (nSPS) is 20.1. The number of nitrogens with zero attached hydrogens (tertiary/aromatic N) is 3. The van der Waals surface area contributed by atoms with Gasteiger partial charge in [0.05, 0.1) is 19.3 Å². The summed E-state index contributed by atoms with van der Waals surface area (Å²) in [7, 11) is -1.10. The van der Waals surface area contributed by atoms with Gasteiger partial charge in [0.25, 0.3) is 5.56 Å². The summed E-state index contributed by atoms with van der Waals surface area (Å²) in [5, 5.41) is 5.96. The number of halogens is 1. The summed E-state index contributed by atoms with van der Waals surface area (Å²) in [5.74, 6) is 4.43. The highest BCUT2D eigenvalue weighted by Crippen LogP contribution is 2.56. The van der Waals surface area contributed by atoms with Crippen LogP contribution in [0.3, 0.4) is 0 Å². The second-order valence-corrected chi connectivity index (χ2v) is 19.6. The topological polar surface area (TPSA) is 81.2 Å². The predicted molar refractivity (Wildman–Crippen MR) is 160 cm³/mol. The first-order chi connectivity index (χ1) is 16.7. The molecule has 1 fully saturated rings. The molecule has 2 aliphatic rings. The Hall–Kier alpha value is -1.48. The van der Waals surface area contributed by atoms with Crippen molar-refractivity contribution in [2.45, 2.75) is 69.8 Å². The van der Waals surface area contributed by atoms with Crippen LogP contribution >= 0.6 is 22.6 Å². The molecule has 194 valence electrons. The zero-order valence-corrected chi connectivity index (χ0v) is 26.1. The lowest BCUT2D eigenvalue weighted by Crippen LogP contribution is -2.46. The van der Waals surface area contributed by atoms with E-state index in [4.69, 9.17) is 5.14 Å². The number of piperidine rings is 1. The molecule has 0 bridgehead atoms. The van der Waals surface area contributed by atoms with Crippen molar-refractivity contribution in [3.8, 4) is 11.5 Å². The first-order valence-corrected chi connectivity index (χ1v) is 18.3. The van der Waals surface area contributed by atoms with Gasteiger partial charge in [-0.1, -0.05) is 31.6 Å². The van der Waals surface area contributed by atoms with Crippen LogP contribution in [0, 0.1) is 20.4 Å². The van der Waals surface area contributed by atoms with E-state index in [-0.39, 0.29) is 16.9 Å². The minimum atomic E-state index is -1.48. The van der Waals surface area contributed by atoms with Gasteiger partial charge in [0, 0.05) is 31.9 Å². The van der Waals surface area contributed by atoms with E-state index in [9.17, 15) is 9.00 Å². The molecule has 0 saturated carbocycles. The van der Waals surface area contributed by atoms with Crippen LogP contribution < -0.4 is 15.6 Å². The maximum absolute atomic E-state index is 12.5. The predicted octanol–water partition coefficient (Wildman–Crippen LogP) is 4.33. The van der Waals surface area contributed by atoms with Gasteiger partial charge < -0.3 is 4.90 Å². The molecule has 2 N–H and O–H groups in total. The minimum absolute atomic E-state index is 0.00818. The second-order valence-electron chi connectivity index (χ2n) is 12.0. The van der Waals surface area contributed by atoms with Crippen molar-refractivity contribution >= 4 is 47.6 Å². The van der Waals surface area contributed by atoms with Gasteiger partial charge in [0.15, 0.2) is 0 Å². The third-order valence-electron chi connectivity index (χ3n) is 7.77. The van der Waals surface area contributed by atoms with Crippen molar-refractivity contribution in [3.63, 3.8) is 0 Å². The molecule has 1 aromatic carbocycles. The van der Waals surface area contributed by atoms with E-state index in [1.54, 1.807) is 17.8 Å². The van der Waals surface area contributed by atoms with Crippen molar-refractivity contribution in [1.82, 2.24) is 9.55 Å². The van der Waals surface area contributed by atoms with Gasteiger partial charge in [0.2, 0.25) is 5.95 Å². The van der Waals surface area contributed by atoms with Crippen molar-refractivity contribution in [2.24, 2.45) is 17.6 Å². The zero-order valence-electron chi connectivity index (χ0n) is 22.2. The van der Waals surface area contributed by atoms with Crippen LogP contribution in [0.5, 0.6) is 0 Å². The SMILES string of the molecule is Cn1c(N2CCC3(CC2)Cc2ccc(C#C[Si](C)(C)C)cc2[C@H]3CC(C)(C)S(N)=O)ncc(I)c1=O. The van der Waals surface area contributed by atoms with E-state index in [1.807, 2.05) is 36.4 Å². The largest absolute Gasteiger partial charge is 0.342 e. The van der Waals surface area contributed by atoms with Crippen LogP contribution in [0.4, 0.5) is 5.95 Å². The molecule has 1 spiro atoms. The van der Waals surface area contributed by atoms with Gasteiger partial charge in [-0.2, -0.15) is 0 Å². The molecule has 0 radical (unpaired) electrons. The quantitative estimate of drug-likeness (QED) is 0.308. The first kappa shape index (κ1) is 27.5. The number of fused-ring (bicyclic) bond motifs is 1. The highest BCUT2D eigenvalue weighted by atomic mass is 127. The standard InChI is InChI=1S/C27H37IN4O2SSi/c1-26(2,35(29)34)17-22-21-15-19(9-14-36(4,5)6)7-8-20(21)16-27(22)10-12-32(13-11-27)25-30-18-23(28)24(33)31(25)3/h7-8,15,18,22H,10-13,16-17,29H2,1-6H3/t22-,35?/m1/s1. The van der Waals surface area contributed by atoms with Gasteiger partial charge in [-0.15, -0.1) is 5.54 Å². The summed E-state index contributed by atoms with van der Waals surface area (Å²) >= 11 is 2.04. The molecule has 4 rings (SSSR count). The molecule has 1 saturated heterocycles. The van der Waals surface area contributed by atoms with Gasteiger partial charge in [-0.05, 0) is 96.7 Å². The van der Waals surface area contributed by atoms with Crippen LogP contribution in [-0.2, 0) is 24.5 Å². The third kappa shape index (κ3) is 5.52. The second kappa shape index (κ2) is 10.0. The number of anilines is 1. The number of hydrogen-bond donors (Lipinski definition) is 1. The summed E-state index contributed by atoms with van der Waals surface area (Å²) in [5.41, 5.74) is 7.36. The molecular weight excluding hydrogens is 599 g/mol. The Kier molecular flexibility index (Phi) is 7.66. The van der Waals surface area contributed by atoms with Gasteiger partial charge in [-0.3, -0.25) is 14.5 Å². The fourth-order valence-electron chi connectivity index (χ4n) is 5.63. The van der Waals surface area contributed by atoms with Crippen LogP contribution in [0.15, 0.2) is 29.2 Å². The Bertz CT molecular complexity index is 1310. The Morgan fingerprint density at radius 3 is 2.56 bits per heavy atom. The Labute approximate surface area is 232 Å². The van der Waals surface area contributed by atoms with Gasteiger partial charge >= 0.3 is 0 Å². The maximum atomic E-state index is 12.5. The fraction of sp³-hybridized carbons (Fsp3) is 0.556. The van der Waals surface area contributed by atoms with Crippen LogP contribution in [0.2, 0.25) is 19.6 Å². The highest BCUT2D eigenvalue weighted by molar-refractivity contribution is 14.1. The molecule has 2 aromatic rings. The van der Waals surface area contributed by atoms with Gasteiger partial charge in [-0.25, -0.2) is 9.19 Å². The monoisotopic (exact) mass is 636 g/mol. The maximum Gasteiger partial charge on any atom is 0.268 e. The molecule has 1 aromatic heterocycles. The molecule has 2 heterocycles. The molecule has 2 atom stereocenters. The number of benzene rings is 1. The number of rotatable bonds is 4. The molecule has 9 heteroatoms. The van der Waals surface area contributed by atoms with Crippen molar-refractivity contribution in [2.75, 3.05) is 18.0 Å². The molecule has 1 unspecified atom stereocenters. The van der Waals surface area contributed by atoms with Crippen molar-refractivity contribution < 1.29 is 4.21 Å². The molecule has 36 heavy (non-hydrogen) atoms. The summed E-state index contributed by atoms with van der Waals surface area (Å²) in [6.07, 6.45) is 5.41. The number of nitrogens with two attached hydrogens (primary N) is 1. The van der Waals surface area contributed by atoms with Crippen LogP contribution in [-0.4, -0.2) is 39.7 Å². The third-order valence-corrected chi connectivity index (χ3v) is 10.6. The average molecular weight is 637 g/mol. The Morgan fingerprint density at radius 2 is 1.94 bits per heavy atom. The summed E-state index contributed by atoms with van der Waals surface area (Å²) in [6, 6.07) is 6.71. The summed E-state index contributed by atoms with van der Waals surface area (Å²) in [4.78, 5) is 19.3. The summed E-state index contributed by atoms with van der Waals surface area (Å²) < 4.78 is 14.3.